The van der Waals surface area contributed by atoms with Gasteiger partial charge in [-0.05, 0) is 61.8 Å². The molecule has 3 heterocycles. The summed E-state index contributed by atoms with van der Waals surface area (Å²) in [4.78, 5) is 7.10. The number of hydrogen-bond acceptors (Lipinski definition) is 2. The summed E-state index contributed by atoms with van der Waals surface area (Å²) in [7, 11) is 0. The van der Waals surface area contributed by atoms with Crippen molar-refractivity contribution < 1.29 is 0 Å². The molecule has 5 heteroatoms. The summed E-state index contributed by atoms with van der Waals surface area (Å²) in [5, 5.41) is 2.70. The minimum absolute atomic E-state index is 0.729. The van der Waals surface area contributed by atoms with Crippen molar-refractivity contribution in [2.24, 2.45) is 0 Å². The van der Waals surface area contributed by atoms with Gasteiger partial charge in [0.1, 0.15) is 0 Å². The molecule has 1 saturated heterocycles. The highest BCUT2D eigenvalue weighted by atomic mass is 35.5. The van der Waals surface area contributed by atoms with E-state index in [0.29, 0.717) is 0 Å². The number of benzene rings is 2. The minimum atomic E-state index is 0.729. The molecule has 4 aromatic rings. The van der Waals surface area contributed by atoms with Crippen LogP contribution in [0.15, 0.2) is 67.1 Å². The van der Waals surface area contributed by atoms with Crippen LogP contribution in [-0.4, -0.2) is 34.1 Å². The van der Waals surface area contributed by atoms with Crippen LogP contribution < -0.4 is 0 Å². The van der Waals surface area contributed by atoms with Crippen LogP contribution in [0.4, 0.5) is 0 Å². The molecule has 2 aromatic carbocycles. The molecule has 0 spiro atoms. The molecule has 3 nitrogen and oxygen atoms in total. The molecule has 0 unspecified atom stereocenters. The summed E-state index contributed by atoms with van der Waals surface area (Å²) in [6.07, 6.45) is 10.1. The minimum Gasteiger partial charge on any atom is -0.346 e. The fourth-order valence-electron chi connectivity index (χ4n) is 4.53. The number of fused-ring (bicyclic) bond motifs is 1. The SMILES string of the molecule is Clc1cccc(-c2cncc(-c3cn(CCN4CCCCC4)c4cc(Cl)ccc34)c2)c1. The lowest BCUT2D eigenvalue weighted by atomic mass is 10.0. The molecule has 0 saturated carbocycles. The predicted octanol–water partition coefficient (Wildman–Crippen LogP) is 7.16. The average molecular weight is 450 g/mol. The average Bonchev–Trinajstić information content (AvgIpc) is 3.16. The number of pyridine rings is 1. The molecule has 0 amide bonds. The van der Waals surface area contributed by atoms with Crippen molar-refractivity contribution in [1.29, 1.82) is 0 Å². The number of piperidine rings is 1. The fraction of sp³-hybridized carbons (Fsp3) is 0.269. The van der Waals surface area contributed by atoms with Gasteiger partial charge in [0.25, 0.3) is 0 Å². The van der Waals surface area contributed by atoms with Crippen LogP contribution in [0.2, 0.25) is 10.0 Å². The van der Waals surface area contributed by atoms with Crippen LogP contribution in [0.5, 0.6) is 0 Å². The Labute approximate surface area is 193 Å². The van der Waals surface area contributed by atoms with E-state index in [1.54, 1.807) is 0 Å². The first-order valence-corrected chi connectivity index (χ1v) is 11.6. The van der Waals surface area contributed by atoms with Gasteiger partial charge in [-0.25, -0.2) is 0 Å². The van der Waals surface area contributed by atoms with Crippen molar-refractivity contribution in [3.05, 3.63) is 77.2 Å². The summed E-state index contributed by atoms with van der Waals surface area (Å²) in [5.41, 5.74) is 5.58. The monoisotopic (exact) mass is 449 g/mol. The Morgan fingerprint density at radius 3 is 2.42 bits per heavy atom. The Kier molecular flexibility index (Phi) is 5.99. The molecule has 31 heavy (non-hydrogen) atoms. The lowest BCUT2D eigenvalue weighted by Crippen LogP contribution is -2.32. The zero-order valence-corrected chi connectivity index (χ0v) is 18.9. The molecular formula is C26H25Cl2N3. The van der Waals surface area contributed by atoms with Gasteiger partial charge in [-0.3, -0.25) is 4.98 Å². The van der Waals surface area contributed by atoms with E-state index < -0.39 is 0 Å². The second kappa shape index (κ2) is 9.04. The number of aromatic nitrogens is 2. The highest BCUT2D eigenvalue weighted by Crippen LogP contribution is 2.34. The fourth-order valence-corrected chi connectivity index (χ4v) is 4.88. The van der Waals surface area contributed by atoms with E-state index in [1.807, 2.05) is 36.7 Å². The summed E-state index contributed by atoms with van der Waals surface area (Å²) < 4.78 is 2.34. The van der Waals surface area contributed by atoms with Gasteiger partial charge in [0.2, 0.25) is 0 Å². The van der Waals surface area contributed by atoms with Gasteiger partial charge in [-0.2, -0.15) is 0 Å². The zero-order valence-electron chi connectivity index (χ0n) is 17.4. The molecule has 2 aromatic heterocycles. The van der Waals surface area contributed by atoms with Crippen molar-refractivity contribution in [1.82, 2.24) is 14.5 Å². The van der Waals surface area contributed by atoms with Crippen LogP contribution in [0.3, 0.4) is 0 Å². The lowest BCUT2D eigenvalue weighted by Gasteiger charge is -2.26. The normalized spacial score (nSPS) is 14.9. The lowest BCUT2D eigenvalue weighted by molar-refractivity contribution is 0.222. The quantitative estimate of drug-likeness (QED) is 0.322. The molecule has 0 bridgehead atoms. The van der Waals surface area contributed by atoms with E-state index in [0.717, 1.165) is 39.8 Å². The van der Waals surface area contributed by atoms with Crippen molar-refractivity contribution in [2.75, 3.05) is 19.6 Å². The van der Waals surface area contributed by atoms with Crippen molar-refractivity contribution in [2.45, 2.75) is 25.8 Å². The molecule has 0 aliphatic carbocycles. The molecule has 0 atom stereocenters. The molecule has 1 fully saturated rings. The Morgan fingerprint density at radius 1 is 0.774 bits per heavy atom. The van der Waals surface area contributed by atoms with Crippen LogP contribution in [0.1, 0.15) is 19.3 Å². The van der Waals surface area contributed by atoms with Crippen molar-refractivity contribution >= 4 is 34.1 Å². The van der Waals surface area contributed by atoms with E-state index in [9.17, 15) is 0 Å². The second-order valence-electron chi connectivity index (χ2n) is 8.27. The van der Waals surface area contributed by atoms with Gasteiger partial charge in [0.05, 0.1) is 5.52 Å². The highest BCUT2D eigenvalue weighted by molar-refractivity contribution is 6.31. The summed E-state index contributed by atoms with van der Waals surface area (Å²) in [6.45, 7) is 4.44. The maximum atomic E-state index is 6.37. The maximum Gasteiger partial charge on any atom is 0.0502 e. The highest BCUT2D eigenvalue weighted by Gasteiger charge is 2.14. The first-order chi connectivity index (χ1) is 15.2. The standard InChI is InChI=1S/C26H25Cl2N3/c27-22-6-4-5-19(14-22)20-13-21(17-29-16-20)25-18-31(12-11-30-9-2-1-3-10-30)26-15-23(28)7-8-24(25)26/h4-8,13-18H,1-3,9-12H2. The number of nitrogens with zero attached hydrogens (tertiary/aromatic N) is 3. The van der Waals surface area contributed by atoms with Gasteiger partial charge in [0, 0.05) is 63.8 Å². The van der Waals surface area contributed by atoms with E-state index in [2.05, 4.69) is 44.9 Å². The number of hydrogen-bond donors (Lipinski definition) is 0. The second-order valence-corrected chi connectivity index (χ2v) is 9.15. The molecule has 5 rings (SSSR count). The largest absolute Gasteiger partial charge is 0.346 e. The molecular weight excluding hydrogens is 425 g/mol. The first kappa shape index (κ1) is 20.6. The van der Waals surface area contributed by atoms with Crippen molar-refractivity contribution in [3.8, 4) is 22.3 Å². The molecule has 1 aliphatic rings. The summed E-state index contributed by atoms with van der Waals surface area (Å²) in [5.74, 6) is 0. The number of rotatable bonds is 5. The van der Waals surface area contributed by atoms with Crippen LogP contribution in [-0.2, 0) is 6.54 Å². The molecule has 0 radical (unpaired) electrons. The zero-order chi connectivity index (χ0) is 21.2. The van der Waals surface area contributed by atoms with Gasteiger partial charge in [-0.1, -0.05) is 47.8 Å². The van der Waals surface area contributed by atoms with Gasteiger partial charge < -0.3 is 9.47 Å². The maximum absolute atomic E-state index is 6.37. The Morgan fingerprint density at radius 2 is 1.58 bits per heavy atom. The van der Waals surface area contributed by atoms with Crippen LogP contribution in [0, 0.1) is 0 Å². The van der Waals surface area contributed by atoms with Gasteiger partial charge in [0.15, 0.2) is 0 Å². The third-order valence-corrected chi connectivity index (χ3v) is 6.63. The third-order valence-electron chi connectivity index (χ3n) is 6.16. The topological polar surface area (TPSA) is 21.1 Å². The molecule has 1 aliphatic heterocycles. The van der Waals surface area contributed by atoms with E-state index in [4.69, 9.17) is 23.2 Å². The van der Waals surface area contributed by atoms with Gasteiger partial charge >= 0.3 is 0 Å². The predicted molar refractivity (Wildman–Crippen MR) is 131 cm³/mol. The Hall–Kier alpha value is -2.33. The number of likely N-dealkylation sites (tertiary alicyclic amines) is 1. The Balaban J connectivity index is 1.52. The number of halogens is 2. The molecule has 0 N–H and O–H groups in total. The summed E-state index contributed by atoms with van der Waals surface area (Å²) >= 11 is 12.6. The van der Waals surface area contributed by atoms with E-state index >= 15 is 0 Å². The van der Waals surface area contributed by atoms with Crippen LogP contribution >= 0.6 is 23.2 Å². The van der Waals surface area contributed by atoms with E-state index in [-0.39, 0.29) is 0 Å². The Bertz CT molecular complexity index is 1210. The third kappa shape index (κ3) is 4.50. The summed E-state index contributed by atoms with van der Waals surface area (Å²) in [6, 6.07) is 16.3. The van der Waals surface area contributed by atoms with Gasteiger partial charge in [-0.15, -0.1) is 0 Å². The van der Waals surface area contributed by atoms with E-state index in [1.165, 1.54) is 48.8 Å². The first-order valence-electron chi connectivity index (χ1n) is 10.9. The van der Waals surface area contributed by atoms with Crippen LogP contribution in [0.25, 0.3) is 33.2 Å². The smallest absolute Gasteiger partial charge is 0.0502 e. The van der Waals surface area contributed by atoms with Crippen molar-refractivity contribution in [3.63, 3.8) is 0 Å². The molecule has 158 valence electrons.